The molecule has 3 heterocycles. The van der Waals surface area contributed by atoms with Crippen LogP contribution in [0.1, 0.15) is 25.0 Å². The SMILES string of the molecule is Cc1cc(N2CCCCC2)nc(N2CCN(S(=O)(=O)c3ccc(F)cc3)CC2)n1. The van der Waals surface area contributed by atoms with Gasteiger partial charge in [0.15, 0.2) is 0 Å². The number of sulfonamides is 1. The molecule has 7 nitrogen and oxygen atoms in total. The quantitative estimate of drug-likeness (QED) is 0.758. The van der Waals surface area contributed by atoms with Gasteiger partial charge in [-0.1, -0.05) is 0 Å². The average Bonchev–Trinajstić information content (AvgIpc) is 2.74. The summed E-state index contributed by atoms with van der Waals surface area (Å²) in [4.78, 5) is 13.8. The minimum atomic E-state index is -3.63. The Morgan fingerprint density at radius 2 is 1.52 bits per heavy atom. The molecule has 2 aliphatic rings. The first-order valence-corrected chi connectivity index (χ1v) is 11.5. The summed E-state index contributed by atoms with van der Waals surface area (Å²) in [6, 6.07) is 6.99. The Morgan fingerprint density at radius 1 is 0.862 bits per heavy atom. The number of nitrogens with zero attached hydrogens (tertiary/aromatic N) is 5. The number of hydrogen-bond donors (Lipinski definition) is 0. The monoisotopic (exact) mass is 419 g/mol. The van der Waals surface area contributed by atoms with Crippen LogP contribution in [0.4, 0.5) is 16.2 Å². The van der Waals surface area contributed by atoms with E-state index in [1.54, 1.807) is 0 Å². The highest BCUT2D eigenvalue weighted by molar-refractivity contribution is 7.89. The maximum atomic E-state index is 13.1. The first-order chi connectivity index (χ1) is 13.9. The van der Waals surface area contributed by atoms with Gasteiger partial charge in [0.1, 0.15) is 11.6 Å². The number of piperazine rings is 1. The van der Waals surface area contributed by atoms with Crippen molar-refractivity contribution in [1.29, 1.82) is 0 Å². The first kappa shape index (κ1) is 20.0. The number of piperidine rings is 1. The van der Waals surface area contributed by atoms with Crippen molar-refractivity contribution in [3.8, 4) is 0 Å². The first-order valence-electron chi connectivity index (χ1n) is 10.0. The Kier molecular flexibility index (Phi) is 5.69. The van der Waals surface area contributed by atoms with E-state index >= 15 is 0 Å². The summed E-state index contributed by atoms with van der Waals surface area (Å²) in [6.07, 6.45) is 3.62. The molecule has 0 bridgehead atoms. The third-order valence-corrected chi connectivity index (χ3v) is 7.39. The smallest absolute Gasteiger partial charge is 0.243 e. The summed E-state index contributed by atoms with van der Waals surface area (Å²) in [5.41, 5.74) is 0.914. The van der Waals surface area contributed by atoms with Gasteiger partial charge >= 0.3 is 0 Å². The fraction of sp³-hybridized carbons (Fsp3) is 0.500. The van der Waals surface area contributed by atoms with Gasteiger partial charge in [-0.15, -0.1) is 0 Å². The van der Waals surface area contributed by atoms with E-state index < -0.39 is 15.8 Å². The fourth-order valence-corrected chi connectivity index (χ4v) is 5.27. The second kappa shape index (κ2) is 8.23. The van der Waals surface area contributed by atoms with Crippen LogP contribution in [0.2, 0.25) is 0 Å². The van der Waals surface area contributed by atoms with Crippen molar-refractivity contribution in [1.82, 2.24) is 14.3 Å². The zero-order valence-electron chi connectivity index (χ0n) is 16.6. The van der Waals surface area contributed by atoms with Crippen molar-refractivity contribution >= 4 is 21.8 Å². The highest BCUT2D eigenvalue weighted by atomic mass is 32.2. The predicted molar refractivity (Wildman–Crippen MR) is 110 cm³/mol. The number of aryl methyl sites for hydroxylation is 1. The van der Waals surface area contributed by atoms with Crippen molar-refractivity contribution < 1.29 is 12.8 Å². The zero-order valence-corrected chi connectivity index (χ0v) is 17.4. The van der Waals surface area contributed by atoms with Crippen molar-refractivity contribution in [2.45, 2.75) is 31.1 Å². The van der Waals surface area contributed by atoms with Crippen LogP contribution in [0.15, 0.2) is 35.2 Å². The molecule has 1 aromatic carbocycles. The van der Waals surface area contributed by atoms with Gasteiger partial charge in [0.2, 0.25) is 16.0 Å². The summed E-state index contributed by atoms with van der Waals surface area (Å²) >= 11 is 0. The topological polar surface area (TPSA) is 69.6 Å². The van der Waals surface area contributed by atoms with E-state index in [1.165, 1.54) is 47.8 Å². The molecule has 0 unspecified atom stereocenters. The number of anilines is 2. The van der Waals surface area contributed by atoms with E-state index in [9.17, 15) is 12.8 Å². The molecule has 29 heavy (non-hydrogen) atoms. The molecule has 0 aliphatic carbocycles. The number of benzene rings is 1. The second-order valence-corrected chi connectivity index (χ2v) is 9.50. The Balaban J connectivity index is 1.47. The molecule has 0 amide bonds. The highest BCUT2D eigenvalue weighted by Gasteiger charge is 2.29. The van der Waals surface area contributed by atoms with Gasteiger partial charge in [0, 0.05) is 51.0 Å². The van der Waals surface area contributed by atoms with E-state index in [0.29, 0.717) is 32.1 Å². The van der Waals surface area contributed by atoms with Gasteiger partial charge in [-0.05, 0) is 50.5 Å². The van der Waals surface area contributed by atoms with Crippen molar-refractivity contribution in [3.63, 3.8) is 0 Å². The molecule has 2 aliphatic heterocycles. The fourth-order valence-electron chi connectivity index (χ4n) is 3.85. The normalized spacial score (nSPS) is 18.8. The number of halogens is 1. The Bertz CT molecular complexity index is 953. The van der Waals surface area contributed by atoms with Gasteiger partial charge < -0.3 is 9.80 Å². The summed E-state index contributed by atoms with van der Waals surface area (Å²) < 4.78 is 40.2. The predicted octanol–water partition coefficient (Wildman–Crippen LogP) is 2.43. The molecule has 0 atom stereocenters. The molecular formula is C20H26FN5O2S. The summed E-state index contributed by atoms with van der Waals surface area (Å²) in [5.74, 6) is 1.16. The third kappa shape index (κ3) is 4.35. The maximum absolute atomic E-state index is 13.1. The molecule has 0 saturated carbocycles. The lowest BCUT2D eigenvalue weighted by molar-refractivity contribution is 0.382. The van der Waals surface area contributed by atoms with Gasteiger partial charge in [0.25, 0.3) is 0 Å². The summed E-state index contributed by atoms with van der Waals surface area (Å²) in [6.45, 7) is 5.71. The molecule has 4 rings (SSSR count). The van der Waals surface area contributed by atoms with Crippen LogP contribution < -0.4 is 9.80 Å². The average molecular weight is 420 g/mol. The van der Waals surface area contributed by atoms with Crippen LogP contribution in [0.25, 0.3) is 0 Å². The summed E-state index contributed by atoms with van der Waals surface area (Å²) in [5, 5.41) is 0. The van der Waals surface area contributed by atoms with Crippen LogP contribution in [0.3, 0.4) is 0 Å². The molecule has 2 aromatic rings. The minimum Gasteiger partial charge on any atom is -0.356 e. The lowest BCUT2D eigenvalue weighted by Crippen LogP contribution is -2.49. The maximum Gasteiger partial charge on any atom is 0.243 e. The van der Waals surface area contributed by atoms with Gasteiger partial charge in [0.05, 0.1) is 4.90 Å². The lowest BCUT2D eigenvalue weighted by Gasteiger charge is -2.35. The lowest BCUT2D eigenvalue weighted by atomic mass is 10.1. The third-order valence-electron chi connectivity index (χ3n) is 5.48. The Labute approximate surface area is 171 Å². The van der Waals surface area contributed by atoms with Crippen LogP contribution in [-0.4, -0.2) is 62.0 Å². The van der Waals surface area contributed by atoms with Crippen molar-refractivity contribution in [2.75, 3.05) is 49.1 Å². The van der Waals surface area contributed by atoms with E-state index in [-0.39, 0.29) is 4.90 Å². The molecule has 0 spiro atoms. The molecule has 0 radical (unpaired) electrons. The van der Waals surface area contributed by atoms with E-state index in [0.717, 1.165) is 24.6 Å². The summed E-state index contributed by atoms with van der Waals surface area (Å²) in [7, 11) is -3.63. The highest BCUT2D eigenvalue weighted by Crippen LogP contribution is 2.23. The molecule has 0 N–H and O–H groups in total. The Morgan fingerprint density at radius 3 is 2.17 bits per heavy atom. The van der Waals surface area contributed by atoms with Gasteiger partial charge in [-0.3, -0.25) is 0 Å². The molecule has 2 fully saturated rings. The largest absolute Gasteiger partial charge is 0.356 e. The number of hydrogen-bond acceptors (Lipinski definition) is 6. The van der Waals surface area contributed by atoms with Crippen LogP contribution in [0.5, 0.6) is 0 Å². The van der Waals surface area contributed by atoms with Crippen molar-refractivity contribution in [2.24, 2.45) is 0 Å². The molecular weight excluding hydrogens is 393 g/mol. The standard InChI is InChI=1S/C20H26FN5O2S/c1-16-15-19(24-9-3-2-4-10-24)23-20(22-16)25-11-13-26(14-12-25)29(27,28)18-7-5-17(21)6-8-18/h5-8,15H,2-4,9-14H2,1H3. The van der Waals surface area contributed by atoms with E-state index in [1.807, 2.05) is 17.9 Å². The Hall–Kier alpha value is -2.26. The van der Waals surface area contributed by atoms with Gasteiger partial charge in [-0.2, -0.15) is 9.29 Å². The molecule has 2 saturated heterocycles. The van der Waals surface area contributed by atoms with Crippen LogP contribution >= 0.6 is 0 Å². The van der Waals surface area contributed by atoms with E-state index in [4.69, 9.17) is 4.98 Å². The minimum absolute atomic E-state index is 0.117. The molecule has 156 valence electrons. The number of rotatable bonds is 4. The molecule has 9 heteroatoms. The van der Waals surface area contributed by atoms with E-state index in [2.05, 4.69) is 9.88 Å². The zero-order chi connectivity index (χ0) is 20.4. The van der Waals surface area contributed by atoms with Crippen molar-refractivity contribution in [3.05, 3.63) is 41.8 Å². The van der Waals surface area contributed by atoms with Crippen LogP contribution in [-0.2, 0) is 10.0 Å². The second-order valence-electron chi connectivity index (χ2n) is 7.56. The number of aromatic nitrogens is 2. The molecule has 1 aromatic heterocycles. The van der Waals surface area contributed by atoms with Gasteiger partial charge in [-0.25, -0.2) is 17.8 Å². The van der Waals surface area contributed by atoms with Crippen LogP contribution in [0, 0.1) is 12.7 Å².